The summed E-state index contributed by atoms with van der Waals surface area (Å²) in [5.41, 5.74) is 5.08. The van der Waals surface area contributed by atoms with E-state index in [2.05, 4.69) is 0 Å². The molecule has 0 bridgehead atoms. The van der Waals surface area contributed by atoms with E-state index >= 15 is 0 Å². The topological polar surface area (TPSA) is 75.7 Å². The van der Waals surface area contributed by atoms with Gasteiger partial charge in [-0.15, -0.1) is 0 Å². The van der Waals surface area contributed by atoms with Crippen molar-refractivity contribution in [3.63, 3.8) is 0 Å². The average molecular weight is 165 g/mol. The second kappa shape index (κ2) is 3.02. The molecule has 1 aliphatic heterocycles. The van der Waals surface area contributed by atoms with Crippen LogP contribution < -0.4 is 5.73 Å². The first-order valence-corrected chi connectivity index (χ1v) is 3.46. The van der Waals surface area contributed by atoms with Crippen LogP contribution in [0.15, 0.2) is 0 Å². The molecule has 0 aromatic rings. The number of aliphatic hydroxyl groups is 2. The second-order valence-corrected chi connectivity index (χ2v) is 2.71. The van der Waals surface area contributed by atoms with Crippen LogP contribution in [0.1, 0.15) is 6.42 Å². The number of hydrogen-bond acceptors (Lipinski definition) is 4. The van der Waals surface area contributed by atoms with Gasteiger partial charge in [0.2, 0.25) is 0 Å². The lowest BCUT2D eigenvalue weighted by Gasteiger charge is -2.36. The van der Waals surface area contributed by atoms with Crippen molar-refractivity contribution in [1.29, 1.82) is 0 Å². The summed E-state index contributed by atoms with van der Waals surface area (Å²) in [5, 5.41) is 17.7. The summed E-state index contributed by atoms with van der Waals surface area (Å²) < 4.78 is 17.9. The molecule has 5 heteroatoms. The third-order valence-corrected chi connectivity index (χ3v) is 1.84. The molecular weight excluding hydrogens is 153 g/mol. The van der Waals surface area contributed by atoms with E-state index in [9.17, 15) is 4.39 Å². The lowest BCUT2D eigenvalue weighted by Crippen LogP contribution is -2.58. The number of aliphatic hydroxyl groups excluding tert-OH is 2. The molecule has 11 heavy (non-hydrogen) atoms. The second-order valence-electron chi connectivity index (χ2n) is 2.71. The SMILES string of the molecule is N[C@@]1(F)CCO[C@H](CO)[C@H]1O. The third-order valence-electron chi connectivity index (χ3n) is 1.84. The summed E-state index contributed by atoms with van der Waals surface area (Å²) in [6.45, 7) is -0.278. The number of rotatable bonds is 1. The number of hydrogen-bond donors (Lipinski definition) is 3. The molecule has 66 valence electrons. The Hall–Kier alpha value is -0.230. The zero-order chi connectivity index (χ0) is 8.48. The molecule has 1 aliphatic rings. The van der Waals surface area contributed by atoms with Crippen LogP contribution in [0.2, 0.25) is 0 Å². The summed E-state index contributed by atoms with van der Waals surface area (Å²) in [4.78, 5) is 0. The molecule has 4 N–H and O–H groups in total. The summed E-state index contributed by atoms with van der Waals surface area (Å²) in [6.07, 6.45) is -2.36. The van der Waals surface area contributed by atoms with Gasteiger partial charge < -0.3 is 14.9 Å². The Morgan fingerprint density at radius 2 is 2.36 bits per heavy atom. The summed E-state index contributed by atoms with van der Waals surface area (Å²) in [7, 11) is 0. The highest BCUT2D eigenvalue weighted by Crippen LogP contribution is 2.23. The standard InChI is InChI=1S/C6H12FNO3/c7-6(8)1-2-11-4(3-9)5(6)10/h4-5,9-10H,1-3,8H2/t4-,5-,6+/m1/s1. The molecule has 0 spiro atoms. The van der Waals surface area contributed by atoms with Crippen LogP contribution >= 0.6 is 0 Å². The van der Waals surface area contributed by atoms with Crippen LogP contribution in [0, 0.1) is 0 Å². The van der Waals surface area contributed by atoms with Crippen LogP contribution in [-0.4, -0.2) is 41.4 Å². The number of alkyl halides is 1. The lowest BCUT2D eigenvalue weighted by molar-refractivity contribution is -0.166. The zero-order valence-corrected chi connectivity index (χ0v) is 6.03. The number of nitrogens with two attached hydrogens (primary N) is 1. The van der Waals surface area contributed by atoms with E-state index in [-0.39, 0.29) is 13.0 Å². The normalized spacial score (nSPS) is 45.8. The molecule has 4 nitrogen and oxygen atoms in total. The Morgan fingerprint density at radius 3 is 2.82 bits per heavy atom. The Morgan fingerprint density at radius 1 is 1.73 bits per heavy atom. The van der Waals surface area contributed by atoms with E-state index in [1.54, 1.807) is 0 Å². The number of halogens is 1. The molecule has 0 radical (unpaired) electrons. The monoisotopic (exact) mass is 165 g/mol. The molecule has 0 aromatic heterocycles. The van der Waals surface area contributed by atoms with Crippen molar-refractivity contribution in [3.05, 3.63) is 0 Å². The fourth-order valence-electron chi connectivity index (χ4n) is 1.07. The van der Waals surface area contributed by atoms with E-state index in [0.717, 1.165) is 0 Å². The minimum atomic E-state index is -2.12. The summed E-state index contributed by atoms with van der Waals surface area (Å²) in [5.74, 6) is -2.12. The fraction of sp³-hybridized carbons (Fsp3) is 1.00. The molecule has 0 saturated carbocycles. The number of ether oxygens (including phenoxy) is 1. The maximum atomic E-state index is 13.0. The van der Waals surface area contributed by atoms with Crippen LogP contribution in [0.4, 0.5) is 4.39 Å². The van der Waals surface area contributed by atoms with Gasteiger partial charge in [-0.2, -0.15) is 0 Å². The van der Waals surface area contributed by atoms with E-state index in [0.29, 0.717) is 0 Å². The van der Waals surface area contributed by atoms with Crippen molar-refractivity contribution in [1.82, 2.24) is 0 Å². The van der Waals surface area contributed by atoms with Crippen LogP contribution in [0.3, 0.4) is 0 Å². The van der Waals surface area contributed by atoms with Crippen molar-refractivity contribution in [2.45, 2.75) is 24.4 Å². The Bertz CT molecular complexity index is 142. The predicted molar refractivity (Wildman–Crippen MR) is 35.5 cm³/mol. The molecule has 1 fully saturated rings. The first-order valence-electron chi connectivity index (χ1n) is 3.46. The van der Waals surface area contributed by atoms with Gasteiger partial charge in [0.05, 0.1) is 13.2 Å². The van der Waals surface area contributed by atoms with Crippen LogP contribution in [-0.2, 0) is 4.74 Å². The van der Waals surface area contributed by atoms with Crippen molar-refractivity contribution in [2.75, 3.05) is 13.2 Å². The molecule has 1 rings (SSSR count). The van der Waals surface area contributed by atoms with Crippen molar-refractivity contribution in [2.24, 2.45) is 5.73 Å². The Balaban J connectivity index is 2.60. The van der Waals surface area contributed by atoms with Gasteiger partial charge in [0.1, 0.15) is 12.2 Å². The average Bonchev–Trinajstić information content (AvgIpc) is 1.95. The van der Waals surface area contributed by atoms with E-state index in [1.165, 1.54) is 0 Å². The first-order chi connectivity index (χ1) is 5.08. The smallest absolute Gasteiger partial charge is 0.190 e. The molecular formula is C6H12FNO3. The maximum absolute atomic E-state index is 13.0. The van der Waals surface area contributed by atoms with Gasteiger partial charge in [-0.05, 0) is 0 Å². The highest BCUT2D eigenvalue weighted by atomic mass is 19.1. The lowest BCUT2D eigenvalue weighted by atomic mass is 9.98. The Kier molecular flexibility index (Phi) is 2.43. The van der Waals surface area contributed by atoms with Gasteiger partial charge in [0, 0.05) is 6.42 Å². The zero-order valence-electron chi connectivity index (χ0n) is 6.03. The molecule has 0 aliphatic carbocycles. The predicted octanol–water partition coefficient (Wildman–Crippen LogP) is -1.25. The highest BCUT2D eigenvalue weighted by Gasteiger charge is 2.42. The van der Waals surface area contributed by atoms with Gasteiger partial charge >= 0.3 is 0 Å². The molecule has 0 aromatic carbocycles. The van der Waals surface area contributed by atoms with Crippen molar-refractivity contribution < 1.29 is 19.3 Å². The van der Waals surface area contributed by atoms with Gasteiger partial charge in [0.25, 0.3) is 0 Å². The molecule has 0 unspecified atom stereocenters. The quantitative estimate of drug-likeness (QED) is 0.424. The minimum absolute atomic E-state index is 0.0370. The first kappa shape index (κ1) is 8.86. The van der Waals surface area contributed by atoms with Gasteiger partial charge in [0.15, 0.2) is 5.79 Å². The van der Waals surface area contributed by atoms with E-state index < -0.39 is 24.6 Å². The van der Waals surface area contributed by atoms with E-state index in [1.807, 2.05) is 0 Å². The van der Waals surface area contributed by atoms with Crippen molar-refractivity contribution in [3.8, 4) is 0 Å². The molecule has 1 heterocycles. The van der Waals surface area contributed by atoms with Crippen molar-refractivity contribution >= 4 is 0 Å². The molecule has 0 amide bonds. The van der Waals surface area contributed by atoms with Gasteiger partial charge in [-0.1, -0.05) is 0 Å². The largest absolute Gasteiger partial charge is 0.394 e. The summed E-state index contributed by atoms with van der Waals surface area (Å²) >= 11 is 0. The van der Waals surface area contributed by atoms with Crippen LogP contribution in [0.5, 0.6) is 0 Å². The Labute approximate surface area is 63.8 Å². The highest BCUT2D eigenvalue weighted by molar-refractivity contribution is 4.89. The third kappa shape index (κ3) is 1.67. The van der Waals surface area contributed by atoms with E-state index in [4.69, 9.17) is 20.7 Å². The minimum Gasteiger partial charge on any atom is -0.394 e. The molecule has 3 atom stereocenters. The summed E-state index contributed by atoms with van der Waals surface area (Å²) in [6, 6.07) is 0. The fourth-order valence-corrected chi connectivity index (χ4v) is 1.07. The molecule has 1 saturated heterocycles. The van der Waals surface area contributed by atoms with Crippen LogP contribution in [0.25, 0.3) is 0 Å². The van der Waals surface area contributed by atoms with Gasteiger partial charge in [-0.3, -0.25) is 5.73 Å². The maximum Gasteiger partial charge on any atom is 0.190 e. The van der Waals surface area contributed by atoms with Gasteiger partial charge in [-0.25, -0.2) is 4.39 Å².